The third-order valence-corrected chi connectivity index (χ3v) is 3.52. The van der Waals surface area contributed by atoms with Crippen LogP contribution in [0.25, 0.3) is 0 Å². The normalized spacial score (nSPS) is 25.9. The standard InChI is InChI=1S/C14H29NO/c1-5-7-12(15-6-2)8-9-13-10-11-14(3,4)16-13/h12-13,15H,5-11H2,1-4H3. The predicted octanol–water partition coefficient (Wildman–Crippen LogP) is 3.50. The first-order valence-electron chi connectivity index (χ1n) is 6.98. The van der Waals surface area contributed by atoms with Crippen molar-refractivity contribution in [2.75, 3.05) is 6.54 Å². The largest absolute Gasteiger partial charge is 0.372 e. The summed E-state index contributed by atoms with van der Waals surface area (Å²) in [6.07, 6.45) is 8.03. The smallest absolute Gasteiger partial charge is 0.0631 e. The second kappa shape index (κ2) is 6.61. The average molecular weight is 227 g/mol. The van der Waals surface area contributed by atoms with Crippen LogP contribution in [-0.4, -0.2) is 24.3 Å². The van der Waals surface area contributed by atoms with E-state index in [4.69, 9.17) is 4.74 Å². The maximum Gasteiger partial charge on any atom is 0.0631 e. The average Bonchev–Trinajstić information content (AvgIpc) is 2.55. The molecule has 0 aromatic carbocycles. The Balaban J connectivity index is 2.22. The monoisotopic (exact) mass is 227 g/mol. The van der Waals surface area contributed by atoms with Crippen LogP contribution in [0.3, 0.4) is 0 Å². The van der Waals surface area contributed by atoms with E-state index in [1.807, 2.05) is 0 Å². The first-order valence-corrected chi connectivity index (χ1v) is 6.98. The van der Waals surface area contributed by atoms with E-state index < -0.39 is 0 Å². The first-order chi connectivity index (χ1) is 7.57. The van der Waals surface area contributed by atoms with Crippen molar-refractivity contribution in [3.63, 3.8) is 0 Å². The van der Waals surface area contributed by atoms with Crippen molar-refractivity contribution in [3.05, 3.63) is 0 Å². The molecule has 0 amide bonds. The molecule has 1 saturated heterocycles. The Morgan fingerprint density at radius 1 is 1.31 bits per heavy atom. The molecule has 0 radical (unpaired) electrons. The van der Waals surface area contributed by atoms with Gasteiger partial charge in [-0.2, -0.15) is 0 Å². The van der Waals surface area contributed by atoms with E-state index in [2.05, 4.69) is 33.0 Å². The van der Waals surface area contributed by atoms with Crippen LogP contribution in [-0.2, 0) is 4.74 Å². The van der Waals surface area contributed by atoms with Gasteiger partial charge in [-0.15, -0.1) is 0 Å². The van der Waals surface area contributed by atoms with Crippen LogP contribution in [0.4, 0.5) is 0 Å². The lowest BCUT2D eigenvalue weighted by Gasteiger charge is -2.22. The molecule has 0 aromatic rings. The molecule has 2 nitrogen and oxygen atoms in total. The summed E-state index contributed by atoms with van der Waals surface area (Å²) in [6, 6.07) is 0.697. The van der Waals surface area contributed by atoms with Crippen molar-refractivity contribution in [1.82, 2.24) is 5.32 Å². The summed E-state index contributed by atoms with van der Waals surface area (Å²) < 4.78 is 6.03. The molecule has 1 aliphatic rings. The van der Waals surface area contributed by atoms with Crippen LogP contribution in [0.2, 0.25) is 0 Å². The van der Waals surface area contributed by atoms with Gasteiger partial charge in [0.25, 0.3) is 0 Å². The van der Waals surface area contributed by atoms with Crippen molar-refractivity contribution in [3.8, 4) is 0 Å². The van der Waals surface area contributed by atoms with Crippen molar-refractivity contribution in [2.24, 2.45) is 0 Å². The maximum absolute atomic E-state index is 6.03. The molecule has 2 atom stereocenters. The van der Waals surface area contributed by atoms with Crippen molar-refractivity contribution >= 4 is 0 Å². The van der Waals surface area contributed by atoms with E-state index in [0.29, 0.717) is 12.1 Å². The highest BCUT2D eigenvalue weighted by molar-refractivity contribution is 4.81. The maximum atomic E-state index is 6.03. The molecule has 1 fully saturated rings. The van der Waals surface area contributed by atoms with Gasteiger partial charge in [0.1, 0.15) is 0 Å². The number of rotatable bonds is 7. The Hall–Kier alpha value is -0.0800. The fourth-order valence-electron chi connectivity index (χ4n) is 2.65. The van der Waals surface area contributed by atoms with Gasteiger partial charge in [-0.3, -0.25) is 0 Å². The lowest BCUT2D eigenvalue weighted by atomic mass is 10.0. The highest BCUT2D eigenvalue weighted by Crippen LogP contribution is 2.31. The molecular formula is C14H29NO. The number of nitrogens with one attached hydrogen (secondary N) is 1. The summed E-state index contributed by atoms with van der Waals surface area (Å²) in [5, 5.41) is 3.57. The van der Waals surface area contributed by atoms with Crippen LogP contribution >= 0.6 is 0 Å². The van der Waals surface area contributed by atoms with Crippen LogP contribution in [0.1, 0.15) is 66.2 Å². The van der Waals surface area contributed by atoms with Gasteiger partial charge in [-0.1, -0.05) is 20.3 Å². The molecule has 1 rings (SSSR count). The molecule has 16 heavy (non-hydrogen) atoms. The van der Waals surface area contributed by atoms with E-state index in [-0.39, 0.29) is 5.60 Å². The third-order valence-electron chi connectivity index (χ3n) is 3.52. The molecule has 96 valence electrons. The van der Waals surface area contributed by atoms with Gasteiger partial charge in [-0.05, 0) is 52.5 Å². The molecule has 0 aliphatic carbocycles. The zero-order valence-electron chi connectivity index (χ0n) is 11.5. The molecule has 1 N–H and O–H groups in total. The topological polar surface area (TPSA) is 21.3 Å². The minimum Gasteiger partial charge on any atom is -0.372 e. The van der Waals surface area contributed by atoms with Crippen LogP contribution in [0, 0.1) is 0 Å². The van der Waals surface area contributed by atoms with Gasteiger partial charge in [0.15, 0.2) is 0 Å². The van der Waals surface area contributed by atoms with E-state index in [1.165, 1.54) is 38.5 Å². The van der Waals surface area contributed by atoms with E-state index in [0.717, 1.165) is 6.54 Å². The first kappa shape index (κ1) is 14.0. The van der Waals surface area contributed by atoms with Crippen molar-refractivity contribution < 1.29 is 4.74 Å². The quantitative estimate of drug-likeness (QED) is 0.718. The van der Waals surface area contributed by atoms with Gasteiger partial charge in [0.05, 0.1) is 11.7 Å². The molecule has 2 heteroatoms. The van der Waals surface area contributed by atoms with Gasteiger partial charge in [0, 0.05) is 6.04 Å². The molecule has 2 unspecified atom stereocenters. The van der Waals surface area contributed by atoms with Crippen molar-refractivity contribution in [2.45, 2.75) is 84.0 Å². The van der Waals surface area contributed by atoms with Gasteiger partial charge < -0.3 is 10.1 Å². The van der Waals surface area contributed by atoms with Crippen LogP contribution < -0.4 is 5.32 Å². The summed E-state index contributed by atoms with van der Waals surface area (Å²) in [5.41, 5.74) is 0.128. The number of hydrogen-bond acceptors (Lipinski definition) is 2. The summed E-state index contributed by atoms with van der Waals surface area (Å²) in [5.74, 6) is 0. The van der Waals surface area contributed by atoms with Crippen molar-refractivity contribution in [1.29, 1.82) is 0 Å². The number of hydrogen-bond donors (Lipinski definition) is 1. The molecule has 0 aromatic heterocycles. The summed E-state index contributed by atoms with van der Waals surface area (Å²) in [7, 11) is 0. The molecular weight excluding hydrogens is 198 g/mol. The lowest BCUT2D eigenvalue weighted by Crippen LogP contribution is -2.30. The SMILES string of the molecule is CCCC(CCC1CCC(C)(C)O1)NCC. The molecule has 1 aliphatic heterocycles. The Morgan fingerprint density at radius 3 is 2.56 bits per heavy atom. The highest BCUT2D eigenvalue weighted by atomic mass is 16.5. The van der Waals surface area contributed by atoms with Gasteiger partial charge >= 0.3 is 0 Å². The Labute approximate surface area is 101 Å². The lowest BCUT2D eigenvalue weighted by molar-refractivity contribution is -0.0199. The fraction of sp³-hybridized carbons (Fsp3) is 1.00. The predicted molar refractivity (Wildman–Crippen MR) is 69.8 cm³/mol. The van der Waals surface area contributed by atoms with Gasteiger partial charge in [-0.25, -0.2) is 0 Å². The van der Waals surface area contributed by atoms with Gasteiger partial charge in [0.2, 0.25) is 0 Å². The summed E-state index contributed by atoms with van der Waals surface area (Å²) in [6.45, 7) is 9.96. The summed E-state index contributed by atoms with van der Waals surface area (Å²) >= 11 is 0. The van der Waals surface area contributed by atoms with E-state index >= 15 is 0 Å². The Bertz CT molecular complexity index is 183. The zero-order valence-corrected chi connectivity index (χ0v) is 11.5. The highest BCUT2D eigenvalue weighted by Gasteiger charge is 2.31. The summed E-state index contributed by atoms with van der Waals surface area (Å²) in [4.78, 5) is 0. The van der Waals surface area contributed by atoms with E-state index in [9.17, 15) is 0 Å². The second-order valence-corrected chi connectivity index (χ2v) is 5.66. The van der Waals surface area contributed by atoms with Crippen LogP contribution in [0.15, 0.2) is 0 Å². The fourth-order valence-corrected chi connectivity index (χ4v) is 2.65. The zero-order chi connectivity index (χ0) is 12.0. The number of ether oxygens (including phenoxy) is 1. The molecule has 0 spiro atoms. The second-order valence-electron chi connectivity index (χ2n) is 5.66. The molecule has 0 saturated carbocycles. The van der Waals surface area contributed by atoms with E-state index in [1.54, 1.807) is 0 Å². The molecule has 1 heterocycles. The Morgan fingerprint density at radius 2 is 2.06 bits per heavy atom. The minimum atomic E-state index is 0.128. The Kier molecular flexibility index (Phi) is 5.77. The molecule has 0 bridgehead atoms. The van der Waals surface area contributed by atoms with Crippen LogP contribution in [0.5, 0.6) is 0 Å². The minimum absolute atomic E-state index is 0.128. The third kappa shape index (κ3) is 4.84.